The van der Waals surface area contributed by atoms with E-state index < -0.39 is 0 Å². The molecule has 0 spiro atoms. The van der Waals surface area contributed by atoms with E-state index in [2.05, 4.69) is 10.3 Å². The molecule has 0 fully saturated rings. The standard InChI is InChI=1S/C15H16ClN3O/c16-11-4-3-5-12(8-11)18-15(20)9-19-10-17-13-6-1-2-7-14(13)19/h3-5,8,10H,1-2,6-7,9H2,(H,18,20). The van der Waals surface area contributed by atoms with Gasteiger partial charge < -0.3 is 9.88 Å². The SMILES string of the molecule is O=C(Cn1cnc2c1CCCC2)Nc1cccc(Cl)c1. The van der Waals surface area contributed by atoms with Crippen LogP contribution in [-0.4, -0.2) is 15.5 Å². The monoisotopic (exact) mass is 289 g/mol. The van der Waals surface area contributed by atoms with Gasteiger partial charge in [0.15, 0.2) is 0 Å². The summed E-state index contributed by atoms with van der Waals surface area (Å²) in [7, 11) is 0. The number of benzene rings is 1. The van der Waals surface area contributed by atoms with E-state index in [0.717, 1.165) is 24.2 Å². The van der Waals surface area contributed by atoms with Gasteiger partial charge >= 0.3 is 0 Å². The van der Waals surface area contributed by atoms with E-state index in [1.54, 1.807) is 18.5 Å². The van der Waals surface area contributed by atoms with Gasteiger partial charge in [0.2, 0.25) is 5.91 Å². The summed E-state index contributed by atoms with van der Waals surface area (Å²) in [4.78, 5) is 16.5. The molecule has 1 aliphatic rings. The summed E-state index contributed by atoms with van der Waals surface area (Å²) < 4.78 is 1.95. The Labute approximate surface area is 122 Å². The predicted octanol–water partition coefficient (Wildman–Crippen LogP) is 3.05. The summed E-state index contributed by atoms with van der Waals surface area (Å²) in [6.07, 6.45) is 6.18. The number of aryl methyl sites for hydroxylation is 1. The zero-order valence-corrected chi connectivity index (χ0v) is 11.9. The van der Waals surface area contributed by atoms with Crippen LogP contribution in [0.4, 0.5) is 5.69 Å². The summed E-state index contributed by atoms with van der Waals surface area (Å²) >= 11 is 5.90. The van der Waals surface area contributed by atoms with Crippen LogP contribution in [-0.2, 0) is 24.2 Å². The van der Waals surface area contributed by atoms with Crippen LogP contribution in [0.3, 0.4) is 0 Å². The molecule has 2 aromatic rings. The lowest BCUT2D eigenvalue weighted by Crippen LogP contribution is -2.20. The Morgan fingerprint density at radius 1 is 1.35 bits per heavy atom. The number of aromatic nitrogens is 2. The Bertz CT molecular complexity index is 636. The van der Waals surface area contributed by atoms with E-state index in [-0.39, 0.29) is 5.91 Å². The summed E-state index contributed by atoms with van der Waals surface area (Å²) in [6.45, 7) is 0.300. The van der Waals surface area contributed by atoms with Gasteiger partial charge in [-0.05, 0) is 43.9 Å². The molecule has 1 aromatic carbocycles. The van der Waals surface area contributed by atoms with E-state index in [0.29, 0.717) is 11.6 Å². The smallest absolute Gasteiger partial charge is 0.244 e. The van der Waals surface area contributed by atoms with Gasteiger partial charge in [0, 0.05) is 16.4 Å². The van der Waals surface area contributed by atoms with Crippen LogP contribution in [0, 0.1) is 0 Å². The number of anilines is 1. The molecule has 0 atom stereocenters. The van der Waals surface area contributed by atoms with Crippen LogP contribution in [0.2, 0.25) is 5.02 Å². The highest BCUT2D eigenvalue weighted by molar-refractivity contribution is 6.30. The summed E-state index contributed by atoms with van der Waals surface area (Å²) in [6, 6.07) is 7.16. The lowest BCUT2D eigenvalue weighted by atomic mass is 10.0. The fraction of sp³-hybridized carbons (Fsp3) is 0.333. The molecule has 3 rings (SSSR count). The third-order valence-corrected chi connectivity index (χ3v) is 3.77. The van der Waals surface area contributed by atoms with Crippen molar-refractivity contribution in [1.29, 1.82) is 0 Å². The molecule has 4 nitrogen and oxygen atoms in total. The van der Waals surface area contributed by atoms with Gasteiger partial charge in [-0.3, -0.25) is 4.79 Å². The number of nitrogens with one attached hydrogen (secondary N) is 1. The van der Waals surface area contributed by atoms with Crippen LogP contribution < -0.4 is 5.32 Å². The van der Waals surface area contributed by atoms with Crippen LogP contribution in [0.5, 0.6) is 0 Å². The van der Waals surface area contributed by atoms with Gasteiger partial charge in [0.25, 0.3) is 0 Å². The van der Waals surface area contributed by atoms with Crippen molar-refractivity contribution in [3.8, 4) is 0 Å². The number of rotatable bonds is 3. The summed E-state index contributed by atoms with van der Waals surface area (Å²) in [5.74, 6) is -0.0574. The van der Waals surface area contributed by atoms with Crippen LogP contribution >= 0.6 is 11.6 Å². The maximum atomic E-state index is 12.1. The van der Waals surface area contributed by atoms with E-state index in [1.807, 2.05) is 16.7 Å². The molecular weight excluding hydrogens is 274 g/mol. The fourth-order valence-corrected chi connectivity index (χ4v) is 2.78. The van der Waals surface area contributed by atoms with Gasteiger partial charge in [0.1, 0.15) is 6.54 Å². The molecule has 0 bridgehead atoms. The van der Waals surface area contributed by atoms with Gasteiger partial charge in [-0.15, -0.1) is 0 Å². The molecule has 1 heterocycles. The first-order valence-corrected chi connectivity index (χ1v) is 7.18. The van der Waals surface area contributed by atoms with Gasteiger partial charge in [-0.25, -0.2) is 4.98 Å². The second-order valence-corrected chi connectivity index (χ2v) is 5.47. The summed E-state index contributed by atoms with van der Waals surface area (Å²) in [5, 5.41) is 3.47. The van der Waals surface area contributed by atoms with Crippen LogP contribution in [0.25, 0.3) is 0 Å². The van der Waals surface area contributed by atoms with E-state index in [4.69, 9.17) is 11.6 Å². The molecule has 5 heteroatoms. The number of fused-ring (bicyclic) bond motifs is 1. The maximum absolute atomic E-state index is 12.1. The molecule has 0 saturated carbocycles. The highest BCUT2D eigenvalue weighted by Gasteiger charge is 2.16. The first-order chi connectivity index (χ1) is 9.72. The molecule has 20 heavy (non-hydrogen) atoms. The van der Waals surface area contributed by atoms with Crippen molar-refractivity contribution >= 4 is 23.2 Å². The van der Waals surface area contributed by atoms with Gasteiger partial charge in [0.05, 0.1) is 12.0 Å². The number of carbonyl (C=O) groups excluding carboxylic acids is 1. The van der Waals surface area contributed by atoms with Gasteiger partial charge in [-0.1, -0.05) is 17.7 Å². The quantitative estimate of drug-likeness (QED) is 0.944. The molecule has 0 radical (unpaired) electrons. The van der Waals surface area contributed by atoms with Crippen molar-refractivity contribution in [2.24, 2.45) is 0 Å². The molecule has 1 aliphatic carbocycles. The molecule has 1 amide bonds. The first-order valence-electron chi connectivity index (χ1n) is 6.80. The zero-order valence-electron chi connectivity index (χ0n) is 11.1. The first kappa shape index (κ1) is 13.2. The lowest BCUT2D eigenvalue weighted by molar-refractivity contribution is -0.116. The van der Waals surface area contributed by atoms with Crippen molar-refractivity contribution in [1.82, 2.24) is 9.55 Å². The molecular formula is C15H16ClN3O. The van der Waals surface area contributed by atoms with Crippen molar-refractivity contribution in [2.75, 3.05) is 5.32 Å². The Hall–Kier alpha value is -1.81. The largest absolute Gasteiger partial charge is 0.325 e. The number of imidazole rings is 1. The highest BCUT2D eigenvalue weighted by atomic mass is 35.5. The summed E-state index contributed by atoms with van der Waals surface area (Å²) in [5.41, 5.74) is 3.07. The average Bonchev–Trinajstić information content (AvgIpc) is 2.82. The molecule has 0 unspecified atom stereocenters. The minimum absolute atomic E-state index is 0.0574. The minimum atomic E-state index is -0.0574. The van der Waals surface area contributed by atoms with Crippen molar-refractivity contribution < 1.29 is 4.79 Å². The maximum Gasteiger partial charge on any atom is 0.244 e. The number of carbonyl (C=O) groups is 1. The number of hydrogen-bond acceptors (Lipinski definition) is 2. The molecule has 104 valence electrons. The fourth-order valence-electron chi connectivity index (χ4n) is 2.59. The van der Waals surface area contributed by atoms with E-state index in [9.17, 15) is 4.79 Å². The average molecular weight is 290 g/mol. The Morgan fingerprint density at radius 2 is 2.20 bits per heavy atom. The Kier molecular flexibility index (Phi) is 3.74. The van der Waals surface area contributed by atoms with Crippen molar-refractivity contribution in [3.63, 3.8) is 0 Å². The number of nitrogens with zero attached hydrogens (tertiary/aromatic N) is 2. The van der Waals surface area contributed by atoms with Crippen LogP contribution in [0.15, 0.2) is 30.6 Å². The minimum Gasteiger partial charge on any atom is -0.325 e. The second-order valence-electron chi connectivity index (χ2n) is 5.03. The number of halogens is 1. The zero-order chi connectivity index (χ0) is 13.9. The van der Waals surface area contributed by atoms with Crippen molar-refractivity contribution in [3.05, 3.63) is 47.0 Å². The Balaban J connectivity index is 1.69. The van der Waals surface area contributed by atoms with Crippen molar-refractivity contribution in [2.45, 2.75) is 32.2 Å². The molecule has 1 aromatic heterocycles. The van der Waals surface area contributed by atoms with Crippen LogP contribution in [0.1, 0.15) is 24.2 Å². The predicted molar refractivity (Wildman–Crippen MR) is 79.0 cm³/mol. The normalized spacial score (nSPS) is 13.8. The molecule has 1 N–H and O–H groups in total. The number of hydrogen-bond donors (Lipinski definition) is 1. The second kappa shape index (κ2) is 5.67. The molecule has 0 aliphatic heterocycles. The highest BCUT2D eigenvalue weighted by Crippen LogP contribution is 2.20. The number of amides is 1. The van der Waals surface area contributed by atoms with E-state index >= 15 is 0 Å². The third kappa shape index (κ3) is 2.85. The topological polar surface area (TPSA) is 46.9 Å². The van der Waals surface area contributed by atoms with Gasteiger partial charge in [-0.2, -0.15) is 0 Å². The lowest BCUT2D eigenvalue weighted by Gasteiger charge is -2.14. The third-order valence-electron chi connectivity index (χ3n) is 3.53. The van der Waals surface area contributed by atoms with E-state index in [1.165, 1.54) is 18.5 Å². The Morgan fingerprint density at radius 3 is 3.05 bits per heavy atom. The molecule has 0 saturated heterocycles.